The first-order chi connectivity index (χ1) is 11.0. The number of ether oxygens (including phenoxy) is 1. The Labute approximate surface area is 141 Å². The lowest BCUT2D eigenvalue weighted by atomic mass is 10.2. The van der Waals surface area contributed by atoms with E-state index in [4.69, 9.17) is 4.74 Å². The van der Waals surface area contributed by atoms with Gasteiger partial charge in [0, 0.05) is 12.1 Å². The number of methoxy groups -OCH3 is 1. The number of anilines is 1. The van der Waals surface area contributed by atoms with Gasteiger partial charge in [-0.15, -0.1) is 0 Å². The van der Waals surface area contributed by atoms with E-state index in [1.54, 1.807) is 43.5 Å². The highest BCUT2D eigenvalue weighted by atomic mass is 79.9. The van der Waals surface area contributed by atoms with Crippen LogP contribution in [0.1, 0.15) is 5.56 Å². The average molecular weight is 377 g/mol. The summed E-state index contributed by atoms with van der Waals surface area (Å²) in [6.45, 7) is 0. The molecular weight excluding hydrogens is 364 g/mol. The van der Waals surface area contributed by atoms with Crippen LogP contribution in [0.25, 0.3) is 6.08 Å². The van der Waals surface area contributed by atoms with Gasteiger partial charge < -0.3 is 10.1 Å². The number of carbonyl (C=O) groups is 1. The lowest BCUT2D eigenvalue weighted by Crippen LogP contribution is -2.09. The number of nitro groups is 1. The summed E-state index contributed by atoms with van der Waals surface area (Å²) in [7, 11) is 1.57. The second-order valence-corrected chi connectivity index (χ2v) is 5.35. The smallest absolute Gasteiger partial charge is 0.292 e. The number of amides is 1. The number of nitro benzene ring substituents is 1. The highest BCUT2D eigenvalue weighted by Crippen LogP contribution is 2.26. The van der Waals surface area contributed by atoms with E-state index in [-0.39, 0.29) is 11.4 Å². The van der Waals surface area contributed by atoms with E-state index in [0.717, 1.165) is 10.0 Å². The summed E-state index contributed by atoms with van der Waals surface area (Å²) < 4.78 is 5.89. The zero-order chi connectivity index (χ0) is 16.8. The lowest BCUT2D eigenvalue weighted by Gasteiger charge is -2.04. The monoisotopic (exact) mass is 376 g/mol. The molecule has 0 saturated carbocycles. The number of halogens is 1. The number of nitrogens with one attached hydrogen (secondary N) is 1. The molecule has 0 bridgehead atoms. The van der Waals surface area contributed by atoms with E-state index in [9.17, 15) is 14.9 Å². The average Bonchev–Trinajstić information content (AvgIpc) is 2.53. The van der Waals surface area contributed by atoms with Crippen molar-refractivity contribution in [3.05, 3.63) is 68.7 Å². The van der Waals surface area contributed by atoms with E-state index in [1.807, 2.05) is 0 Å². The SMILES string of the molecule is COc1ccc(C=CC(=O)Nc2ccccc2[N+](=O)[O-])cc1Br. The van der Waals surface area contributed by atoms with Gasteiger partial charge >= 0.3 is 0 Å². The Morgan fingerprint density at radius 2 is 2.04 bits per heavy atom. The fourth-order valence-corrected chi connectivity index (χ4v) is 2.43. The molecule has 2 rings (SSSR count). The van der Waals surface area contributed by atoms with Gasteiger partial charge in [-0.2, -0.15) is 0 Å². The van der Waals surface area contributed by atoms with Crippen LogP contribution in [-0.2, 0) is 4.79 Å². The Hall–Kier alpha value is -2.67. The first-order valence-electron chi connectivity index (χ1n) is 6.57. The molecule has 118 valence electrons. The molecule has 0 heterocycles. The third-order valence-corrected chi connectivity index (χ3v) is 3.58. The van der Waals surface area contributed by atoms with Gasteiger partial charge in [-0.3, -0.25) is 14.9 Å². The van der Waals surface area contributed by atoms with Gasteiger partial charge in [-0.05, 0) is 45.8 Å². The standard InChI is InChI=1S/C16H13BrN2O4/c1-23-15-8-6-11(10-12(15)17)7-9-16(20)18-13-4-2-3-5-14(13)19(21)22/h2-10H,1H3,(H,18,20). The van der Waals surface area contributed by atoms with Gasteiger partial charge in [0.05, 0.1) is 16.5 Å². The Morgan fingerprint density at radius 1 is 1.30 bits per heavy atom. The highest BCUT2D eigenvalue weighted by molar-refractivity contribution is 9.10. The molecule has 6 nitrogen and oxygen atoms in total. The predicted molar refractivity (Wildman–Crippen MR) is 91.5 cm³/mol. The first-order valence-corrected chi connectivity index (χ1v) is 7.36. The normalized spacial score (nSPS) is 10.5. The molecule has 0 atom stereocenters. The topological polar surface area (TPSA) is 81.5 Å². The summed E-state index contributed by atoms with van der Waals surface area (Å²) in [5, 5.41) is 13.4. The van der Waals surface area contributed by atoms with Gasteiger partial charge in [0.15, 0.2) is 0 Å². The van der Waals surface area contributed by atoms with Crippen molar-refractivity contribution in [3.63, 3.8) is 0 Å². The molecule has 0 aliphatic carbocycles. The van der Waals surface area contributed by atoms with Crippen molar-refractivity contribution in [1.29, 1.82) is 0 Å². The Kier molecular flexibility index (Phi) is 5.48. The van der Waals surface area contributed by atoms with Gasteiger partial charge in [-0.1, -0.05) is 18.2 Å². The highest BCUT2D eigenvalue weighted by Gasteiger charge is 2.13. The number of hydrogen-bond acceptors (Lipinski definition) is 4. The van der Waals surface area contributed by atoms with Gasteiger partial charge in [0.1, 0.15) is 11.4 Å². The number of benzene rings is 2. The predicted octanol–water partition coefficient (Wildman–Crippen LogP) is 4.02. The Balaban J connectivity index is 2.11. The number of rotatable bonds is 5. The summed E-state index contributed by atoms with van der Waals surface area (Å²) in [6, 6.07) is 11.3. The molecule has 0 fully saturated rings. The maximum atomic E-state index is 11.9. The third kappa shape index (κ3) is 4.40. The number of nitrogens with zero attached hydrogens (tertiary/aromatic N) is 1. The van der Waals surface area contributed by atoms with Crippen molar-refractivity contribution in [2.24, 2.45) is 0 Å². The van der Waals surface area contributed by atoms with Crippen LogP contribution in [0.4, 0.5) is 11.4 Å². The fourth-order valence-electron chi connectivity index (χ4n) is 1.87. The van der Waals surface area contributed by atoms with Crippen LogP contribution in [0.3, 0.4) is 0 Å². The Bertz CT molecular complexity index is 774. The molecule has 2 aromatic carbocycles. The second-order valence-electron chi connectivity index (χ2n) is 4.49. The van der Waals surface area contributed by atoms with Crippen LogP contribution in [0.2, 0.25) is 0 Å². The quantitative estimate of drug-likeness (QED) is 0.485. The number of hydrogen-bond donors (Lipinski definition) is 1. The molecule has 0 aromatic heterocycles. The molecule has 0 saturated heterocycles. The number of para-hydroxylation sites is 2. The van der Waals surface area contributed by atoms with Crippen molar-refractivity contribution < 1.29 is 14.5 Å². The van der Waals surface area contributed by atoms with Crippen molar-refractivity contribution >= 4 is 39.3 Å². The molecule has 23 heavy (non-hydrogen) atoms. The Morgan fingerprint density at radius 3 is 2.70 bits per heavy atom. The zero-order valence-electron chi connectivity index (χ0n) is 12.2. The maximum absolute atomic E-state index is 11.9. The minimum Gasteiger partial charge on any atom is -0.496 e. The molecule has 0 unspecified atom stereocenters. The van der Waals surface area contributed by atoms with E-state index >= 15 is 0 Å². The summed E-state index contributed by atoms with van der Waals surface area (Å²) in [6.07, 6.45) is 2.92. The minimum atomic E-state index is -0.542. The van der Waals surface area contributed by atoms with E-state index in [2.05, 4.69) is 21.2 Å². The summed E-state index contributed by atoms with van der Waals surface area (Å²) in [4.78, 5) is 22.3. The van der Waals surface area contributed by atoms with Gasteiger partial charge in [0.25, 0.3) is 5.69 Å². The number of carbonyl (C=O) groups excluding carboxylic acids is 1. The molecular formula is C16H13BrN2O4. The summed E-state index contributed by atoms with van der Waals surface area (Å²) >= 11 is 3.36. The van der Waals surface area contributed by atoms with Crippen LogP contribution in [0.5, 0.6) is 5.75 Å². The van der Waals surface area contributed by atoms with Crippen molar-refractivity contribution in [1.82, 2.24) is 0 Å². The van der Waals surface area contributed by atoms with E-state index < -0.39 is 10.8 Å². The third-order valence-electron chi connectivity index (χ3n) is 2.96. The van der Waals surface area contributed by atoms with Crippen molar-refractivity contribution in [3.8, 4) is 5.75 Å². The first kappa shape index (κ1) is 16.7. The van der Waals surface area contributed by atoms with Crippen LogP contribution in [0, 0.1) is 10.1 Å². The summed E-state index contributed by atoms with van der Waals surface area (Å²) in [5.41, 5.74) is 0.792. The maximum Gasteiger partial charge on any atom is 0.292 e. The molecule has 0 spiro atoms. The molecule has 0 aliphatic heterocycles. The molecule has 2 aromatic rings. The van der Waals surface area contributed by atoms with Crippen LogP contribution >= 0.6 is 15.9 Å². The largest absolute Gasteiger partial charge is 0.496 e. The van der Waals surface area contributed by atoms with E-state index in [0.29, 0.717) is 5.75 Å². The minimum absolute atomic E-state index is 0.151. The van der Waals surface area contributed by atoms with Gasteiger partial charge in [-0.25, -0.2) is 0 Å². The van der Waals surface area contributed by atoms with Gasteiger partial charge in [0.2, 0.25) is 5.91 Å². The molecule has 7 heteroatoms. The van der Waals surface area contributed by atoms with Crippen molar-refractivity contribution in [2.45, 2.75) is 0 Å². The summed E-state index contributed by atoms with van der Waals surface area (Å²) in [5.74, 6) is 0.234. The van der Waals surface area contributed by atoms with E-state index in [1.165, 1.54) is 18.2 Å². The fraction of sp³-hybridized carbons (Fsp3) is 0.0625. The lowest BCUT2D eigenvalue weighted by molar-refractivity contribution is -0.383. The zero-order valence-corrected chi connectivity index (χ0v) is 13.7. The molecule has 1 N–H and O–H groups in total. The van der Waals surface area contributed by atoms with Crippen LogP contribution in [-0.4, -0.2) is 17.9 Å². The molecule has 0 radical (unpaired) electrons. The van der Waals surface area contributed by atoms with Crippen LogP contribution < -0.4 is 10.1 Å². The van der Waals surface area contributed by atoms with Crippen molar-refractivity contribution in [2.75, 3.05) is 12.4 Å². The molecule has 1 amide bonds. The van der Waals surface area contributed by atoms with Crippen LogP contribution in [0.15, 0.2) is 53.0 Å². The molecule has 0 aliphatic rings. The second kappa shape index (κ2) is 7.55.